The number of nitrogens with zero attached hydrogens (tertiary/aromatic N) is 2. The lowest BCUT2D eigenvalue weighted by Crippen LogP contribution is -2.23. The van der Waals surface area contributed by atoms with Crippen molar-refractivity contribution in [3.63, 3.8) is 0 Å². The minimum Gasteiger partial charge on any atom is -0.348 e. The van der Waals surface area contributed by atoms with Crippen LogP contribution < -0.4 is 10.5 Å². The predicted molar refractivity (Wildman–Crippen MR) is 82.9 cm³/mol. The maximum Gasteiger partial charge on any atom is 0.251 e. The Morgan fingerprint density at radius 2 is 1.91 bits per heavy atom. The molecule has 3 aromatic rings. The maximum atomic E-state index is 12.2. The first-order valence-electron chi connectivity index (χ1n) is 6.64. The number of carbonyl (C=O) groups is 1. The van der Waals surface area contributed by atoms with E-state index in [1.54, 1.807) is 30.3 Å². The Hall–Kier alpha value is -2.78. The smallest absolute Gasteiger partial charge is 0.251 e. The molecule has 3 rings (SSSR count). The first-order valence-corrected chi connectivity index (χ1v) is 8.18. The standard InChI is InChI=1S/C14H13N5O3S/c15-23(21,22)11-3-1-2-9(6-11)8-16-14(20)10-4-5-12-13(7-10)18-19-17-12/h1-7H,8H2,(H,16,20)(H2,15,21,22)(H,17,18,19). The van der Waals surface area contributed by atoms with Crippen LogP contribution >= 0.6 is 0 Å². The van der Waals surface area contributed by atoms with Gasteiger partial charge in [-0.25, -0.2) is 13.6 Å². The van der Waals surface area contributed by atoms with Crippen molar-refractivity contribution in [2.75, 3.05) is 0 Å². The molecule has 0 radical (unpaired) electrons. The summed E-state index contributed by atoms with van der Waals surface area (Å²) >= 11 is 0. The van der Waals surface area contributed by atoms with Gasteiger partial charge in [0.15, 0.2) is 0 Å². The number of hydrogen-bond acceptors (Lipinski definition) is 5. The van der Waals surface area contributed by atoms with Gasteiger partial charge in [0.1, 0.15) is 11.0 Å². The monoisotopic (exact) mass is 331 g/mol. The second-order valence-corrected chi connectivity index (χ2v) is 6.46. The van der Waals surface area contributed by atoms with E-state index in [1.165, 1.54) is 12.1 Å². The molecule has 1 amide bonds. The molecule has 9 heteroatoms. The molecule has 8 nitrogen and oxygen atoms in total. The number of sulfonamides is 1. The van der Waals surface area contributed by atoms with Gasteiger partial charge in [-0.3, -0.25) is 4.79 Å². The summed E-state index contributed by atoms with van der Waals surface area (Å²) in [4.78, 5) is 12.2. The second-order valence-electron chi connectivity index (χ2n) is 4.90. The number of amides is 1. The van der Waals surface area contributed by atoms with Crippen molar-refractivity contribution in [1.29, 1.82) is 0 Å². The number of nitrogens with one attached hydrogen (secondary N) is 2. The largest absolute Gasteiger partial charge is 0.348 e. The van der Waals surface area contributed by atoms with E-state index >= 15 is 0 Å². The lowest BCUT2D eigenvalue weighted by molar-refractivity contribution is 0.0951. The minimum atomic E-state index is -3.77. The van der Waals surface area contributed by atoms with Crippen LogP contribution in [-0.4, -0.2) is 29.7 Å². The first kappa shape index (κ1) is 15.1. The van der Waals surface area contributed by atoms with Gasteiger partial charge in [0.25, 0.3) is 5.91 Å². The van der Waals surface area contributed by atoms with Gasteiger partial charge in [0.2, 0.25) is 10.0 Å². The molecule has 0 aliphatic rings. The van der Waals surface area contributed by atoms with E-state index in [0.717, 1.165) is 0 Å². The quantitative estimate of drug-likeness (QED) is 0.642. The number of H-pyrrole nitrogens is 1. The van der Waals surface area contributed by atoms with Crippen molar-refractivity contribution in [2.45, 2.75) is 11.4 Å². The summed E-state index contributed by atoms with van der Waals surface area (Å²) in [6.07, 6.45) is 0. The predicted octanol–water partition coefficient (Wildman–Crippen LogP) is 0.535. The van der Waals surface area contributed by atoms with E-state index in [1.807, 2.05) is 0 Å². The van der Waals surface area contributed by atoms with Crippen molar-refractivity contribution in [3.8, 4) is 0 Å². The number of nitrogens with two attached hydrogens (primary N) is 1. The average Bonchev–Trinajstić information content (AvgIpc) is 2.99. The summed E-state index contributed by atoms with van der Waals surface area (Å²) in [6, 6.07) is 11.1. The van der Waals surface area contributed by atoms with Gasteiger partial charge >= 0.3 is 0 Å². The molecule has 0 saturated carbocycles. The Labute approximate surface area is 131 Å². The summed E-state index contributed by atoms with van der Waals surface area (Å²) < 4.78 is 22.6. The van der Waals surface area contributed by atoms with Crippen LogP contribution in [0.15, 0.2) is 47.4 Å². The van der Waals surface area contributed by atoms with Crippen LogP contribution in [-0.2, 0) is 16.6 Å². The molecule has 0 spiro atoms. The summed E-state index contributed by atoms with van der Waals surface area (Å²) in [7, 11) is -3.77. The molecule has 0 fully saturated rings. The van der Waals surface area contributed by atoms with Gasteiger partial charge in [-0.15, -0.1) is 0 Å². The number of aromatic nitrogens is 3. The van der Waals surface area contributed by atoms with Crippen LogP contribution in [0.3, 0.4) is 0 Å². The van der Waals surface area contributed by atoms with Gasteiger partial charge in [-0.2, -0.15) is 15.4 Å². The van der Waals surface area contributed by atoms with Crippen LogP contribution in [0.1, 0.15) is 15.9 Å². The van der Waals surface area contributed by atoms with Gasteiger partial charge in [0, 0.05) is 12.1 Å². The Morgan fingerprint density at radius 1 is 1.13 bits per heavy atom. The number of aromatic amines is 1. The summed E-state index contributed by atoms with van der Waals surface area (Å²) in [5.74, 6) is -0.295. The third kappa shape index (κ3) is 3.35. The lowest BCUT2D eigenvalue weighted by atomic mass is 10.1. The Morgan fingerprint density at radius 3 is 2.70 bits per heavy atom. The highest BCUT2D eigenvalue weighted by atomic mass is 32.2. The number of primary sulfonamides is 1. The van der Waals surface area contributed by atoms with Gasteiger partial charge in [-0.05, 0) is 35.9 Å². The number of carbonyl (C=O) groups excluding carboxylic acids is 1. The molecule has 0 unspecified atom stereocenters. The fourth-order valence-corrected chi connectivity index (χ4v) is 2.68. The topological polar surface area (TPSA) is 131 Å². The van der Waals surface area contributed by atoms with Crippen molar-refractivity contribution in [2.24, 2.45) is 5.14 Å². The van der Waals surface area contributed by atoms with Crippen molar-refractivity contribution in [1.82, 2.24) is 20.7 Å². The molecule has 0 aliphatic carbocycles. The number of rotatable bonds is 4. The van der Waals surface area contributed by atoms with Crippen molar-refractivity contribution < 1.29 is 13.2 Å². The van der Waals surface area contributed by atoms with Crippen LogP contribution in [0.25, 0.3) is 11.0 Å². The van der Waals surface area contributed by atoms with E-state index in [4.69, 9.17) is 5.14 Å². The maximum absolute atomic E-state index is 12.2. The van der Waals surface area contributed by atoms with Crippen LogP contribution in [0.4, 0.5) is 0 Å². The Kier molecular flexibility index (Phi) is 3.80. The molecule has 2 aromatic carbocycles. The van der Waals surface area contributed by atoms with Gasteiger partial charge in [-0.1, -0.05) is 12.1 Å². The van der Waals surface area contributed by atoms with E-state index in [-0.39, 0.29) is 17.3 Å². The van der Waals surface area contributed by atoms with E-state index in [2.05, 4.69) is 20.7 Å². The number of hydrogen-bond donors (Lipinski definition) is 3. The zero-order valence-corrected chi connectivity index (χ0v) is 12.7. The van der Waals surface area contributed by atoms with Gasteiger partial charge in [0.05, 0.1) is 4.90 Å². The Bertz CT molecular complexity index is 981. The SMILES string of the molecule is NS(=O)(=O)c1cccc(CNC(=O)c2ccc3n[nH]nc3c2)c1. The van der Waals surface area contributed by atoms with Crippen LogP contribution in [0.2, 0.25) is 0 Å². The molecule has 23 heavy (non-hydrogen) atoms. The zero-order chi connectivity index (χ0) is 16.4. The number of fused-ring (bicyclic) bond motifs is 1. The van der Waals surface area contributed by atoms with Gasteiger partial charge < -0.3 is 5.32 Å². The molecule has 0 aliphatic heterocycles. The van der Waals surface area contributed by atoms with Crippen molar-refractivity contribution in [3.05, 3.63) is 53.6 Å². The lowest BCUT2D eigenvalue weighted by Gasteiger charge is -2.07. The molecule has 0 bridgehead atoms. The fraction of sp³-hybridized carbons (Fsp3) is 0.0714. The van der Waals surface area contributed by atoms with Crippen molar-refractivity contribution >= 4 is 27.0 Å². The molecule has 1 heterocycles. The molecule has 1 aromatic heterocycles. The minimum absolute atomic E-state index is 0.00765. The summed E-state index contributed by atoms with van der Waals surface area (Å²) in [5, 5.41) is 18.1. The average molecular weight is 331 g/mol. The Balaban J connectivity index is 1.73. The molecular formula is C14H13N5O3S. The fourth-order valence-electron chi connectivity index (χ4n) is 2.10. The second kappa shape index (κ2) is 5.78. The van der Waals surface area contributed by atoms with Crippen LogP contribution in [0.5, 0.6) is 0 Å². The van der Waals surface area contributed by atoms with E-state index in [0.29, 0.717) is 22.2 Å². The third-order valence-electron chi connectivity index (χ3n) is 3.26. The summed E-state index contributed by atoms with van der Waals surface area (Å²) in [5.41, 5.74) is 2.33. The molecule has 0 atom stereocenters. The highest BCUT2D eigenvalue weighted by Crippen LogP contribution is 2.12. The molecular weight excluding hydrogens is 318 g/mol. The summed E-state index contributed by atoms with van der Waals surface area (Å²) in [6.45, 7) is 0.180. The number of benzene rings is 2. The van der Waals surface area contributed by atoms with Crippen LogP contribution in [0, 0.1) is 0 Å². The molecule has 4 N–H and O–H groups in total. The van der Waals surface area contributed by atoms with E-state index in [9.17, 15) is 13.2 Å². The normalized spacial score (nSPS) is 11.5. The highest BCUT2D eigenvalue weighted by molar-refractivity contribution is 7.89. The first-order chi connectivity index (χ1) is 10.9. The molecule has 0 saturated heterocycles. The third-order valence-corrected chi connectivity index (χ3v) is 4.17. The highest BCUT2D eigenvalue weighted by Gasteiger charge is 2.10. The zero-order valence-electron chi connectivity index (χ0n) is 11.9. The molecule has 118 valence electrons. The van der Waals surface area contributed by atoms with E-state index < -0.39 is 10.0 Å².